The molecule has 8 N–H and O–H groups in total. The van der Waals surface area contributed by atoms with E-state index in [1.54, 1.807) is 42.6 Å². The number of amides is 2. The summed E-state index contributed by atoms with van der Waals surface area (Å²) in [6.07, 6.45) is 4.38. The molecule has 0 aliphatic carbocycles. The first-order valence-electron chi connectivity index (χ1n) is 23.2. The van der Waals surface area contributed by atoms with Crippen molar-refractivity contribution in [3.8, 4) is 0 Å². The predicted octanol–water partition coefficient (Wildman–Crippen LogP) is -0.626. The summed E-state index contributed by atoms with van der Waals surface area (Å²) in [7, 11) is 3.83. The number of hydrogen-bond acceptors (Lipinski definition) is 17. The number of anilines is 2. The minimum absolute atomic E-state index is 0. The molecule has 405 valence electrons. The van der Waals surface area contributed by atoms with Crippen LogP contribution in [0.25, 0.3) is 0 Å². The monoisotopic (exact) mass is 1190 g/mol. The van der Waals surface area contributed by atoms with Crippen LogP contribution < -0.4 is 21.3 Å². The molecule has 1 saturated heterocycles. The van der Waals surface area contributed by atoms with Gasteiger partial charge in [-0.3, -0.25) is 53.0 Å². The quantitative estimate of drug-likeness (QED) is 0.0332. The van der Waals surface area contributed by atoms with Gasteiger partial charge in [0, 0.05) is 121 Å². The Morgan fingerprint density at radius 1 is 0.736 bits per heavy atom. The van der Waals surface area contributed by atoms with E-state index < -0.39 is 29.9 Å². The Morgan fingerprint density at radius 2 is 1.35 bits per heavy atom. The number of rotatable bonds is 28. The summed E-state index contributed by atoms with van der Waals surface area (Å²) in [4.78, 5) is 84.6. The van der Waals surface area contributed by atoms with Gasteiger partial charge in [-0.1, -0.05) is 17.3 Å². The number of carbonyl (C=O) groups is 6. The maximum atomic E-state index is 12.3. The standard InChI is InChI=1S/C45H67N13O12S.Lu/c1-53(2)14-12-46-44(68)38-9-8-35(25-48-38)49-39(59)10-21-69-22-23-70-32-36-26-58(52-51-36)13-3-11-47-45(71)50-34-6-4-33(5-7-34)24-37-27-56(30-42(64)65)18-17-54(28-40(60)61)15-16-55(29-41(62)63)19-20-57(37)31-43(66)67;/h4-9,25-26,37H,3,10-24,27-32H2,1-2H3,(H,46,68)(H,49,59)(H,60,61)(H,62,63)(H,64,65)(H,66,67)(H2,47,50,71);/i;1+2. The van der Waals surface area contributed by atoms with E-state index in [1.807, 2.05) is 43.3 Å². The average molecular weight is 1190 g/mol. The molecule has 1 unspecified atom stereocenters. The molecule has 4 rings (SSSR count). The van der Waals surface area contributed by atoms with Crippen LogP contribution in [-0.4, -0.2) is 237 Å². The molecule has 25 nitrogen and oxygen atoms in total. The summed E-state index contributed by atoms with van der Waals surface area (Å²) in [5, 5.41) is 59.2. The second-order valence-electron chi connectivity index (χ2n) is 17.0. The van der Waals surface area contributed by atoms with Crippen LogP contribution in [0.15, 0.2) is 48.8 Å². The van der Waals surface area contributed by atoms with Crippen LogP contribution in [0.2, 0.25) is 0 Å². The van der Waals surface area contributed by atoms with Gasteiger partial charge in [-0.15, -0.1) is 5.10 Å². The minimum atomic E-state index is -1.09. The molecule has 0 spiro atoms. The Morgan fingerprint density at radius 3 is 1.97 bits per heavy atom. The number of carboxylic acids is 4. The number of pyridine rings is 1. The third-order valence-electron chi connectivity index (χ3n) is 10.9. The molecule has 72 heavy (non-hydrogen) atoms. The Kier molecular flexibility index (Phi) is 28.6. The van der Waals surface area contributed by atoms with Crippen molar-refractivity contribution in [3.05, 3.63) is 65.7 Å². The van der Waals surface area contributed by atoms with Gasteiger partial charge in [0.2, 0.25) is 5.91 Å². The molecule has 3 heterocycles. The second kappa shape index (κ2) is 33.7. The van der Waals surface area contributed by atoms with Gasteiger partial charge in [0.1, 0.15) is 11.4 Å². The summed E-state index contributed by atoms with van der Waals surface area (Å²) in [5.74, 6) is -4.83. The molecule has 3 aromatic rings. The van der Waals surface area contributed by atoms with E-state index in [9.17, 15) is 49.2 Å². The maximum Gasteiger partial charge on any atom is 0.317 e. The molecule has 1 atom stereocenters. The number of hydrogen-bond donors (Lipinski definition) is 8. The second-order valence-corrected chi connectivity index (χ2v) is 17.5. The molecule has 1 aliphatic heterocycles. The van der Waals surface area contributed by atoms with Gasteiger partial charge in [-0.05, 0) is 69.0 Å². The van der Waals surface area contributed by atoms with E-state index >= 15 is 0 Å². The van der Waals surface area contributed by atoms with Crippen LogP contribution in [0.5, 0.6) is 0 Å². The SMILES string of the molecule is CN(C)CCNC(=O)c1ccc(NC(=O)CCOCCOCc2cn(CCCNC(=S)Nc3ccc(CC4CN(CC(=O)O)CCN(CC(=O)O)CCN(CC(=O)O)CCN4CC(=O)O)cc3)nn2)cn1.[177Lu]. The normalized spacial score (nSPS) is 15.3. The number of ether oxygens (including phenoxy) is 2. The molecular formula is C45H67LuN13O12S. The van der Waals surface area contributed by atoms with Gasteiger partial charge < -0.3 is 56.1 Å². The van der Waals surface area contributed by atoms with Crippen LogP contribution in [-0.2, 0) is 53.0 Å². The number of aryl methyl sites for hydroxylation is 1. The van der Waals surface area contributed by atoms with Crippen LogP contribution in [0.3, 0.4) is 0 Å². The first kappa shape index (κ1) is 61.3. The smallest absolute Gasteiger partial charge is 0.317 e. The van der Waals surface area contributed by atoms with Crippen LogP contribution in [0.4, 0.5) is 11.4 Å². The zero-order valence-electron chi connectivity index (χ0n) is 40.5. The number of aliphatic carboxylic acids is 4. The predicted molar refractivity (Wildman–Crippen MR) is 263 cm³/mol. The third kappa shape index (κ3) is 25.6. The van der Waals surface area contributed by atoms with E-state index in [0.29, 0.717) is 67.8 Å². The van der Waals surface area contributed by atoms with Gasteiger partial charge >= 0.3 is 23.9 Å². The number of benzene rings is 1. The van der Waals surface area contributed by atoms with Crippen molar-refractivity contribution in [2.75, 3.05) is 136 Å². The summed E-state index contributed by atoms with van der Waals surface area (Å²) in [5.41, 5.74) is 2.93. The number of carbonyl (C=O) groups excluding carboxylic acids is 2. The number of likely N-dealkylation sites (N-methyl/N-ethyl adjacent to an activating group) is 1. The fourth-order valence-corrected chi connectivity index (χ4v) is 7.57. The molecule has 1 radical (unpaired) electrons. The molecule has 0 bridgehead atoms. The van der Waals surface area contributed by atoms with Crippen molar-refractivity contribution in [1.29, 1.82) is 0 Å². The first-order valence-corrected chi connectivity index (χ1v) is 23.6. The molecule has 0 saturated carbocycles. The van der Waals surface area contributed by atoms with Crippen molar-refractivity contribution in [2.24, 2.45) is 0 Å². The Labute approximate surface area is 452 Å². The van der Waals surface area contributed by atoms with Gasteiger partial charge in [-0.2, -0.15) is 0 Å². The van der Waals surface area contributed by atoms with Gasteiger partial charge in [-0.25, -0.2) is 4.98 Å². The molecule has 1 aliphatic rings. The van der Waals surface area contributed by atoms with E-state index in [-0.39, 0.29) is 153 Å². The van der Waals surface area contributed by atoms with Gasteiger partial charge in [0.05, 0.1) is 77.1 Å². The van der Waals surface area contributed by atoms with Crippen LogP contribution in [0.1, 0.15) is 34.6 Å². The van der Waals surface area contributed by atoms with E-state index in [0.717, 1.165) is 5.56 Å². The van der Waals surface area contributed by atoms with Crippen molar-refractivity contribution < 1.29 is 95.5 Å². The molecule has 2 amide bonds. The number of carboxylic acid groups (broad SMARTS) is 4. The molecule has 2 aromatic heterocycles. The summed E-state index contributed by atoms with van der Waals surface area (Å²) >= 11 is 5.52. The van der Waals surface area contributed by atoms with E-state index in [2.05, 4.69) is 36.6 Å². The first-order chi connectivity index (χ1) is 34.0. The summed E-state index contributed by atoms with van der Waals surface area (Å²) in [6, 6.07) is 10.1. The van der Waals surface area contributed by atoms with Crippen molar-refractivity contribution in [1.82, 2.24) is 55.1 Å². The van der Waals surface area contributed by atoms with E-state index in [4.69, 9.17) is 21.7 Å². The molecule has 1 fully saturated rings. The topological polar surface area (TPSA) is 310 Å². The fraction of sp³-hybridized carbons (Fsp3) is 0.556. The minimum Gasteiger partial charge on any atom is -0.480 e. The number of nitrogens with one attached hydrogen (secondary N) is 4. The summed E-state index contributed by atoms with van der Waals surface area (Å²) in [6.45, 7) is 3.41. The van der Waals surface area contributed by atoms with Crippen molar-refractivity contribution in [2.45, 2.75) is 38.5 Å². The Bertz CT molecular complexity index is 2170. The zero-order chi connectivity index (χ0) is 51.5. The van der Waals surface area contributed by atoms with Crippen molar-refractivity contribution in [3.63, 3.8) is 0 Å². The average Bonchev–Trinajstić information content (AvgIpc) is 3.76. The largest absolute Gasteiger partial charge is 0.480 e. The molecular weight excluding hydrogens is 1120 g/mol. The van der Waals surface area contributed by atoms with Crippen LogP contribution >= 0.6 is 12.2 Å². The molecule has 1 aromatic carbocycles. The van der Waals surface area contributed by atoms with Gasteiger partial charge in [0.15, 0.2) is 5.11 Å². The number of thiocarbonyl (C=S) groups is 1. The van der Waals surface area contributed by atoms with Gasteiger partial charge in [0.25, 0.3) is 5.91 Å². The van der Waals surface area contributed by atoms with Crippen LogP contribution in [0, 0.1) is 36.9 Å². The van der Waals surface area contributed by atoms with E-state index in [1.165, 1.54) is 6.20 Å². The number of aromatic nitrogens is 4. The molecule has 27 heteroatoms. The fourth-order valence-electron chi connectivity index (χ4n) is 7.35. The number of nitrogens with zero attached hydrogens (tertiary/aromatic N) is 9. The summed E-state index contributed by atoms with van der Waals surface area (Å²) < 4.78 is 12.9. The Balaban J connectivity index is 0.0000137. The van der Waals surface area contributed by atoms with Crippen molar-refractivity contribution >= 4 is 64.4 Å². The Hall–Kier alpha value is -5.03. The zero-order valence-corrected chi connectivity index (χ0v) is 43.0. The maximum absolute atomic E-state index is 12.3. The third-order valence-corrected chi connectivity index (χ3v) is 11.2.